The van der Waals surface area contributed by atoms with Gasteiger partial charge in [-0.15, -0.1) is 18.3 Å². The molecule has 0 saturated carbocycles. The molecule has 3 fully saturated rings. The van der Waals surface area contributed by atoms with Crippen molar-refractivity contribution in [1.82, 2.24) is 4.90 Å². The summed E-state index contributed by atoms with van der Waals surface area (Å²) < 4.78 is 4.74. The average molecular weight is 535 g/mol. The summed E-state index contributed by atoms with van der Waals surface area (Å²) in [7, 11) is 0. The van der Waals surface area contributed by atoms with Crippen molar-refractivity contribution in [2.45, 2.75) is 41.7 Å². The van der Waals surface area contributed by atoms with Crippen LogP contribution in [0.15, 0.2) is 67.8 Å². The van der Waals surface area contributed by atoms with Crippen molar-refractivity contribution in [3.05, 3.63) is 67.8 Å². The largest absolute Gasteiger partial charge is 0.461 e. The van der Waals surface area contributed by atoms with Crippen molar-refractivity contribution >= 4 is 46.0 Å². The number of hydrogen-bond donors (Lipinski definition) is 1. The van der Waals surface area contributed by atoms with Crippen molar-refractivity contribution in [3.63, 3.8) is 0 Å². The molecule has 5 rings (SSSR count). The van der Waals surface area contributed by atoms with Crippen LogP contribution < -0.4 is 4.90 Å². The van der Waals surface area contributed by atoms with E-state index in [1.165, 1.54) is 6.08 Å². The third-order valence-corrected chi connectivity index (χ3v) is 10.0. The minimum Gasteiger partial charge on any atom is -0.461 e. The lowest BCUT2D eigenvalue weighted by Gasteiger charge is -2.37. The molecule has 3 heterocycles. The van der Waals surface area contributed by atoms with Crippen LogP contribution in [0.4, 0.5) is 5.69 Å². The lowest BCUT2D eigenvalue weighted by Crippen LogP contribution is -2.55. The Morgan fingerprint density at radius 2 is 1.95 bits per heavy atom. The Morgan fingerprint density at radius 3 is 2.68 bits per heavy atom. The number of carbonyl (C=O) groups excluding carboxylic acids is 3. The van der Waals surface area contributed by atoms with Gasteiger partial charge in [-0.2, -0.15) is 0 Å². The molecule has 38 heavy (non-hydrogen) atoms. The number of thioether (sulfide) groups is 1. The normalized spacial score (nSPS) is 27.4. The van der Waals surface area contributed by atoms with Crippen LogP contribution >= 0.6 is 11.8 Å². The summed E-state index contributed by atoms with van der Waals surface area (Å²) in [4.78, 5) is 45.0. The molecule has 2 aromatic carbocycles. The van der Waals surface area contributed by atoms with E-state index in [1.54, 1.807) is 27.6 Å². The number of hydrogen-bond acceptors (Lipinski definition) is 6. The van der Waals surface area contributed by atoms with Gasteiger partial charge >= 0.3 is 5.97 Å². The van der Waals surface area contributed by atoms with Gasteiger partial charge in [0.2, 0.25) is 5.91 Å². The van der Waals surface area contributed by atoms with Gasteiger partial charge < -0.3 is 19.6 Å². The van der Waals surface area contributed by atoms with Crippen LogP contribution in [0.5, 0.6) is 0 Å². The molecule has 8 heteroatoms. The van der Waals surface area contributed by atoms with Gasteiger partial charge in [0.25, 0.3) is 5.91 Å². The number of benzene rings is 2. The zero-order chi connectivity index (χ0) is 26.9. The quantitative estimate of drug-likeness (QED) is 0.267. The molecular weight excluding hydrogens is 500 g/mol. The Kier molecular flexibility index (Phi) is 7.63. The number of anilines is 1. The zero-order valence-electron chi connectivity index (χ0n) is 21.5. The van der Waals surface area contributed by atoms with Crippen LogP contribution in [0.1, 0.15) is 25.7 Å². The molecule has 5 atom stereocenters. The van der Waals surface area contributed by atoms with Gasteiger partial charge in [-0.25, -0.2) is 0 Å². The highest BCUT2D eigenvalue weighted by Crippen LogP contribution is 2.66. The molecule has 1 N–H and O–H groups in total. The number of carbonyl (C=O) groups is 3. The molecule has 7 nitrogen and oxygen atoms in total. The number of amides is 2. The van der Waals surface area contributed by atoms with Crippen LogP contribution in [0.3, 0.4) is 0 Å². The van der Waals surface area contributed by atoms with Gasteiger partial charge in [0.05, 0.1) is 16.6 Å². The number of aliphatic hydroxyl groups is 1. The van der Waals surface area contributed by atoms with Crippen LogP contribution in [-0.4, -0.2) is 70.1 Å². The van der Waals surface area contributed by atoms with E-state index in [2.05, 4.69) is 13.2 Å². The van der Waals surface area contributed by atoms with E-state index >= 15 is 0 Å². The maximum Gasteiger partial charge on any atom is 0.311 e. The van der Waals surface area contributed by atoms with E-state index in [1.807, 2.05) is 42.5 Å². The summed E-state index contributed by atoms with van der Waals surface area (Å²) in [5.41, 5.74) is 0.746. The molecule has 0 radical (unpaired) electrons. The molecule has 3 aliphatic heterocycles. The van der Waals surface area contributed by atoms with E-state index in [9.17, 15) is 19.5 Å². The fraction of sp³-hybridized carbons (Fsp3) is 0.433. The third-order valence-electron chi connectivity index (χ3n) is 8.08. The molecule has 2 unspecified atom stereocenters. The first-order chi connectivity index (χ1) is 18.5. The number of aliphatic hydroxyl groups excluding tert-OH is 1. The second-order valence-corrected chi connectivity index (χ2v) is 11.8. The van der Waals surface area contributed by atoms with Gasteiger partial charge in [-0.3, -0.25) is 14.4 Å². The maximum absolute atomic E-state index is 14.5. The zero-order valence-corrected chi connectivity index (χ0v) is 22.3. The standard InChI is InChI=1S/C30H34N2O5S/c1-3-15-31(22-12-11-20-9-5-6-10-21(20)19-22)28(35)26-30-14-13-23(38-30)24(29(36)37-18-4-2)25(30)27(34)32(26)16-7-8-17-33/h3-6,9-12,19,23-26,33H,1-2,7-8,13-18H2/t23-,24+,25+,26?,30?/m1/s1. The van der Waals surface area contributed by atoms with E-state index in [-0.39, 0.29) is 36.2 Å². The number of nitrogens with zero attached hydrogens (tertiary/aromatic N) is 2. The van der Waals surface area contributed by atoms with Crippen molar-refractivity contribution in [2.75, 3.05) is 31.2 Å². The van der Waals surface area contributed by atoms with Gasteiger partial charge in [0.15, 0.2) is 0 Å². The van der Waals surface area contributed by atoms with Crippen LogP contribution in [0, 0.1) is 11.8 Å². The number of likely N-dealkylation sites (tertiary alicyclic amines) is 1. The highest BCUT2D eigenvalue weighted by atomic mass is 32.2. The number of fused-ring (bicyclic) bond motifs is 2. The summed E-state index contributed by atoms with van der Waals surface area (Å²) in [6.07, 6.45) is 5.78. The predicted molar refractivity (Wildman–Crippen MR) is 150 cm³/mol. The summed E-state index contributed by atoms with van der Waals surface area (Å²) in [6.45, 7) is 8.28. The molecule has 2 amide bonds. The van der Waals surface area contributed by atoms with Gasteiger partial charge in [0, 0.05) is 30.6 Å². The van der Waals surface area contributed by atoms with Crippen LogP contribution in [-0.2, 0) is 19.1 Å². The monoisotopic (exact) mass is 534 g/mol. The Bertz CT molecular complexity index is 1260. The van der Waals surface area contributed by atoms with E-state index in [0.29, 0.717) is 32.4 Å². The first-order valence-corrected chi connectivity index (χ1v) is 14.1. The van der Waals surface area contributed by atoms with E-state index in [0.717, 1.165) is 22.9 Å². The highest BCUT2D eigenvalue weighted by molar-refractivity contribution is 8.02. The number of rotatable bonds is 11. The van der Waals surface area contributed by atoms with Gasteiger partial charge in [-0.05, 0) is 48.6 Å². The minimum absolute atomic E-state index is 0.0161. The Balaban J connectivity index is 1.54. The fourth-order valence-electron chi connectivity index (χ4n) is 6.52. The third kappa shape index (κ3) is 4.33. The Labute approximate surface area is 227 Å². The lowest BCUT2D eigenvalue weighted by molar-refractivity contribution is -0.153. The lowest BCUT2D eigenvalue weighted by atomic mass is 9.71. The summed E-state index contributed by atoms with van der Waals surface area (Å²) in [5.74, 6) is -1.88. The SMILES string of the molecule is C=CCOC(=O)[C@@H]1[C@H]2C(=O)N(CCCCO)C(C(=O)N(CC=C)c3ccc4ccccc4c3)C23CC[C@H]1S3. The average Bonchev–Trinajstić information content (AvgIpc) is 3.57. The molecule has 2 bridgehead atoms. The number of esters is 1. The van der Waals surface area contributed by atoms with Crippen molar-refractivity contribution in [1.29, 1.82) is 0 Å². The second-order valence-electron chi connectivity index (χ2n) is 10.2. The summed E-state index contributed by atoms with van der Waals surface area (Å²) >= 11 is 1.62. The molecule has 3 aliphatic rings. The molecule has 3 saturated heterocycles. The van der Waals surface area contributed by atoms with Crippen LogP contribution in [0.25, 0.3) is 10.8 Å². The molecule has 2 aromatic rings. The van der Waals surface area contributed by atoms with Crippen molar-refractivity contribution in [2.24, 2.45) is 11.8 Å². The molecule has 0 aromatic heterocycles. The Hall–Kier alpha value is -3.10. The van der Waals surface area contributed by atoms with E-state index in [4.69, 9.17) is 4.74 Å². The molecular formula is C30H34N2O5S. The highest BCUT2D eigenvalue weighted by Gasteiger charge is 2.74. The van der Waals surface area contributed by atoms with Crippen LogP contribution in [0.2, 0.25) is 0 Å². The summed E-state index contributed by atoms with van der Waals surface area (Å²) in [5, 5.41) is 11.4. The smallest absolute Gasteiger partial charge is 0.311 e. The van der Waals surface area contributed by atoms with Gasteiger partial charge in [-0.1, -0.05) is 49.1 Å². The minimum atomic E-state index is -0.711. The van der Waals surface area contributed by atoms with Crippen molar-refractivity contribution in [3.8, 4) is 0 Å². The number of unbranched alkanes of at least 4 members (excludes halogenated alkanes) is 1. The van der Waals surface area contributed by atoms with E-state index < -0.39 is 22.6 Å². The summed E-state index contributed by atoms with van der Waals surface area (Å²) in [6, 6.07) is 13.2. The van der Waals surface area contributed by atoms with Crippen molar-refractivity contribution < 1.29 is 24.2 Å². The fourth-order valence-corrected chi connectivity index (χ4v) is 8.72. The molecule has 0 aliphatic carbocycles. The predicted octanol–water partition coefficient (Wildman–Crippen LogP) is 3.95. The maximum atomic E-state index is 14.5. The Morgan fingerprint density at radius 1 is 1.16 bits per heavy atom. The molecule has 1 spiro atoms. The first kappa shape index (κ1) is 26.5. The van der Waals surface area contributed by atoms with Gasteiger partial charge in [0.1, 0.15) is 12.6 Å². The second kappa shape index (κ2) is 10.9. The first-order valence-electron chi connectivity index (χ1n) is 13.2. The molecule has 200 valence electrons. The topological polar surface area (TPSA) is 87.1 Å². The number of ether oxygens (including phenoxy) is 1.